The fourth-order valence-corrected chi connectivity index (χ4v) is 3.22. The van der Waals surface area contributed by atoms with E-state index in [-0.39, 0.29) is 0 Å². The summed E-state index contributed by atoms with van der Waals surface area (Å²) in [5.74, 6) is 0.918. The number of anilines is 1. The molecule has 0 unspecified atom stereocenters. The molecule has 3 heterocycles. The maximum absolute atomic E-state index is 9.31. The van der Waals surface area contributed by atoms with Gasteiger partial charge in [-0.05, 0) is 24.1 Å². The Morgan fingerprint density at radius 2 is 2.04 bits per heavy atom. The molecule has 0 spiro atoms. The minimum absolute atomic E-state index is 0.687. The number of H-pyrrole nitrogens is 1. The predicted molar refractivity (Wildman–Crippen MR) is 91.8 cm³/mol. The highest BCUT2D eigenvalue weighted by atomic mass is 16.5. The van der Waals surface area contributed by atoms with Gasteiger partial charge >= 0.3 is 0 Å². The standard InChI is InChI=1S/C18H17N5O/c1-12-13(9-19)3-2-4-14(12)15-10-20-17-16(15)18(22-11-21-17)23-5-7-24-8-6-23/h2-4,10-11H,5-8H2,1H3,(H,20,21,22). The van der Waals surface area contributed by atoms with Crippen molar-refractivity contribution in [2.45, 2.75) is 6.92 Å². The number of hydrogen-bond acceptors (Lipinski definition) is 5. The van der Waals surface area contributed by atoms with E-state index in [4.69, 9.17) is 4.74 Å². The quantitative estimate of drug-likeness (QED) is 0.785. The Balaban J connectivity index is 1.93. The molecule has 0 bridgehead atoms. The molecule has 1 fully saturated rings. The van der Waals surface area contributed by atoms with Crippen molar-refractivity contribution in [3.05, 3.63) is 41.9 Å². The van der Waals surface area contributed by atoms with Crippen LogP contribution in [0.4, 0.5) is 5.82 Å². The number of nitrogens with one attached hydrogen (secondary N) is 1. The van der Waals surface area contributed by atoms with Crippen LogP contribution in [0.3, 0.4) is 0 Å². The van der Waals surface area contributed by atoms with Crippen molar-refractivity contribution >= 4 is 16.9 Å². The first kappa shape index (κ1) is 14.7. The van der Waals surface area contributed by atoms with Crippen LogP contribution in [0.2, 0.25) is 0 Å². The lowest BCUT2D eigenvalue weighted by Crippen LogP contribution is -2.36. The number of hydrogen-bond donors (Lipinski definition) is 1. The van der Waals surface area contributed by atoms with Gasteiger partial charge in [0.2, 0.25) is 0 Å². The average Bonchev–Trinajstić information content (AvgIpc) is 3.07. The molecule has 0 saturated carbocycles. The van der Waals surface area contributed by atoms with E-state index in [1.54, 1.807) is 6.33 Å². The zero-order chi connectivity index (χ0) is 16.5. The maximum Gasteiger partial charge on any atom is 0.143 e. The van der Waals surface area contributed by atoms with Crippen molar-refractivity contribution in [1.82, 2.24) is 15.0 Å². The van der Waals surface area contributed by atoms with Gasteiger partial charge in [0.1, 0.15) is 17.8 Å². The van der Waals surface area contributed by atoms with Crippen LogP contribution < -0.4 is 4.90 Å². The molecule has 0 amide bonds. The average molecular weight is 319 g/mol. The molecule has 1 aliphatic rings. The van der Waals surface area contributed by atoms with Gasteiger partial charge in [-0.2, -0.15) is 5.26 Å². The predicted octanol–water partition coefficient (Wildman–Crippen LogP) is 2.64. The first-order valence-corrected chi connectivity index (χ1v) is 7.94. The van der Waals surface area contributed by atoms with Gasteiger partial charge in [0.25, 0.3) is 0 Å². The van der Waals surface area contributed by atoms with Crippen LogP contribution >= 0.6 is 0 Å². The van der Waals surface area contributed by atoms with Crippen LogP contribution in [0.5, 0.6) is 0 Å². The van der Waals surface area contributed by atoms with Crippen LogP contribution in [0.25, 0.3) is 22.2 Å². The molecule has 0 radical (unpaired) electrons. The number of benzene rings is 1. The summed E-state index contributed by atoms with van der Waals surface area (Å²) in [4.78, 5) is 14.4. The molecule has 6 heteroatoms. The van der Waals surface area contributed by atoms with Crippen LogP contribution in [0.1, 0.15) is 11.1 Å². The first-order chi connectivity index (χ1) is 11.8. The molecule has 1 aromatic carbocycles. The SMILES string of the molecule is Cc1c(C#N)cccc1-c1c[nH]c2ncnc(N3CCOCC3)c12. The molecule has 2 aromatic heterocycles. The highest BCUT2D eigenvalue weighted by Crippen LogP contribution is 2.36. The van der Waals surface area contributed by atoms with Crippen molar-refractivity contribution in [2.75, 3.05) is 31.2 Å². The number of morpholine rings is 1. The first-order valence-electron chi connectivity index (χ1n) is 7.94. The number of ether oxygens (including phenoxy) is 1. The lowest BCUT2D eigenvalue weighted by molar-refractivity contribution is 0.122. The third-order valence-electron chi connectivity index (χ3n) is 4.50. The number of nitriles is 1. The van der Waals surface area contributed by atoms with E-state index in [2.05, 4.69) is 25.9 Å². The zero-order valence-corrected chi connectivity index (χ0v) is 13.4. The largest absolute Gasteiger partial charge is 0.378 e. The lowest BCUT2D eigenvalue weighted by Gasteiger charge is -2.28. The van der Waals surface area contributed by atoms with Crippen LogP contribution in [-0.4, -0.2) is 41.3 Å². The minimum atomic E-state index is 0.687. The third kappa shape index (κ3) is 2.30. The second-order valence-corrected chi connectivity index (χ2v) is 5.81. The molecule has 4 rings (SSSR count). The summed E-state index contributed by atoms with van der Waals surface area (Å²) < 4.78 is 5.45. The number of rotatable bonds is 2. The van der Waals surface area contributed by atoms with E-state index in [9.17, 15) is 5.26 Å². The Morgan fingerprint density at radius 3 is 2.83 bits per heavy atom. The fourth-order valence-electron chi connectivity index (χ4n) is 3.22. The Morgan fingerprint density at radius 1 is 1.21 bits per heavy atom. The van der Waals surface area contributed by atoms with Gasteiger partial charge in [0.05, 0.1) is 30.2 Å². The summed E-state index contributed by atoms with van der Waals surface area (Å²) in [5.41, 5.74) is 4.53. The fraction of sp³-hybridized carbons (Fsp3) is 0.278. The van der Waals surface area contributed by atoms with Gasteiger partial charge in [-0.25, -0.2) is 9.97 Å². The van der Waals surface area contributed by atoms with Gasteiger partial charge in [0.15, 0.2) is 0 Å². The van der Waals surface area contributed by atoms with Gasteiger partial charge in [-0.1, -0.05) is 12.1 Å². The van der Waals surface area contributed by atoms with Crippen molar-refractivity contribution in [3.63, 3.8) is 0 Å². The zero-order valence-electron chi connectivity index (χ0n) is 13.4. The molecule has 1 saturated heterocycles. The monoisotopic (exact) mass is 319 g/mol. The molecular formula is C18H17N5O. The normalized spacial score (nSPS) is 14.8. The van der Waals surface area contributed by atoms with E-state index < -0.39 is 0 Å². The number of fused-ring (bicyclic) bond motifs is 1. The Labute approximate surface area is 139 Å². The summed E-state index contributed by atoms with van der Waals surface area (Å²) in [5, 5.41) is 10.3. The lowest BCUT2D eigenvalue weighted by atomic mass is 9.97. The molecule has 3 aromatic rings. The van der Waals surface area contributed by atoms with Crippen molar-refractivity contribution < 1.29 is 4.74 Å². The smallest absolute Gasteiger partial charge is 0.143 e. The second kappa shape index (κ2) is 5.95. The Bertz CT molecular complexity index is 934. The third-order valence-corrected chi connectivity index (χ3v) is 4.50. The molecule has 120 valence electrons. The molecule has 0 atom stereocenters. The van der Waals surface area contributed by atoms with Gasteiger partial charge in [0, 0.05) is 24.8 Å². The number of nitrogens with zero attached hydrogens (tertiary/aromatic N) is 4. The topological polar surface area (TPSA) is 77.8 Å². The van der Waals surface area contributed by atoms with E-state index in [1.807, 2.05) is 31.3 Å². The van der Waals surface area contributed by atoms with E-state index in [1.165, 1.54) is 0 Å². The van der Waals surface area contributed by atoms with Crippen LogP contribution in [-0.2, 0) is 4.74 Å². The summed E-state index contributed by atoms with van der Waals surface area (Å²) in [6.45, 7) is 5.01. The highest BCUT2D eigenvalue weighted by Gasteiger charge is 2.20. The molecule has 6 nitrogen and oxygen atoms in total. The van der Waals surface area contributed by atoms with Gasteiger partial charge in [-0.3, -0.25) is 0 Å². The maximum atomic E-state index is 9.31. The van der Waals surface area contributed by atoms with Gasteiger partial charge in [-0.15, -0.1) is 0 Å². The van der Waals surface area contributed by atoms with Crippen molar-refractivity contribution in [1.29, 1.82) is 5.26 Å². The summed E-state index contributed by atoms with van der Waals surface area (Å²) in [6.07, 6.45) is 3.54. The molecule has 24 heavy (non-hydrogen) atoms. The molecule has 0 aliphatic carbocycles. The highest BCUT2D eigenvalue weighted by molar-refractivity contribution is 6.01. The van der Waals surface area contributed by atoms with Crippen molar-refractivity contribution in [3.8, 4) is 17.2 Å². The molecule has 1 N–H and O–H groups in total. The Hall–Kier alpha value is -2.91. The van der Waals surface area contributed by atoms with E-state index >= 15 is 0 Å². The Kier molecular flexibility index (Phi) is 3.63. The van der Waals surface area contributed by atoms with E-state index in [0.717, 1.165) is 46.6 Å². The minimum Gasteiger partial charge on any atom is -0.378 e. The second-order valence-electron chi connectivity index (χ2n) is 5.81. The van der Waals surface area contributed by atoms with Gasteiger partial charge < -0.3 is 14.6 Å². The van der Waals surface area contributed by atoms with Crippen molar-refractivity contribution in [2.24, 2.45) is 0 Å². The number of aromatic nitrogens is 3. The summed E-state index contributed by atoms with van der Waals surface area (Å²) >= 11 is 0. The molecular weight excluding hydrogens is 302 g/mol. The van der Waals surface area contributed by atoms with E-state index in [0.29, 0.717) is 18.8 Å². The molecule has 1 aliphatic heterocycles. The number of aromatic amines is 1. The van der Waals surface area contributed by atoms with Crippen LogP contribution in [0, 0.1) is 18.3 Å². The summed E-state index contributed by atoms with van der Waals surface area (Å²) in [6, 6.07) is 8.05. The summed E-state index contributed by atoms with van der Waals surface area (Å²) in [7, 11) is 0. The van der Waals surface area contributed by atoms with Crippen LogP contribution in [0.15, 0.2) is 30.7 Å².